The Labute approximate surface area is 128 Å². The second kappa shape index (κ2) is 8.82. The molecule has 6 heteroatoms. The van der Waals surface area contributed by atoms with E-state index in [1.54, 1.807) is 0 Å². The maximum Gasteiger partial charge on any atom is 0.228 e. The van der Waals surface area contributed by atoms with Gasteiger partial charge in [0.2, 0.25) is 5.91 Å². The molecule has 2 fully saturated rings. The molecule has 1 atom stereocenters. The van der Waals surface area contributed by atoms with E-state index in [0.29, 0.717) is 5.91 Å². The summed E-state index contributed by atoms with van der Waals surface area (Å²) in [6.07, 6.45) is 1.23. The van der Waals surface area contributed by atoms with Crippen molar-refractivity contribution in [3.63, 3.8) is 0 Å². The second-order valence-electron chi connectivity index (χ2n) is 5.45. The molecule has 0 aromatic rings. The highest BCUT2D eigenvalue weighted by Gasteiger charge is 2.33. The molecule has 2 rings (SSSR count). The first-order valence-electron chi connectivity index (χ1n) is 7.58. The fraction of sp³-hybridized carbons (Fsp3) is 0.929. The van der Waals surface area contributed by atoms with Gasteiger partial charge in [0.15, 0.2) is 0 Å². The van der Waals surface area contributed by atoms with Crippen LogP contribution in [0.15, 0.2) is 0 Å². The van der Waals surface area contributed by atoms with Gasteiger partial charge < -0.3 is 19.9 Å². The average molecular weight is 306 g/mol. The van der Waals surface area contributed by atoms with Gasteiger partial charge in [-0.3, -0.25) is 4.79 Å². The molecular formula is C14H28ClN3O2. The van der Waals surface area contributed by atoms with E-state index in [2.05, 4.69) is 24.1 Å². The van der Waals surface area contributed by atoms with Crippen molar-refractivity contribution in [3.8, 4) is 0 Å². The van der Waals surface area contributed by atoms with Crippen LogP contribution in [-0.4, -0.2) is 74.2 Å². The third-order valence-corrected chi connectivity index (χ3v) is 4.24. The molecule has 0 saturated carbocycles. The number of hydrogen-bond acceptors (Lipinski definition) is 4. The Hall–Kier alpha value is -0.360. The minimum absolute atomic E-state index is 0. The normalized spacial score (nSPS) is 22.8. The zero-order chi connectivity index (χ0) is 13.7. The van der Waals surface area contributed by atoms with Crippen LogP contribution in [-0.2, 0) is 9.53 Å². The first-order chi connectivity index (χ1) is 9.24. The summed E-state index contributed by atoms with van der Waals surface area (Å²) in [5, 5.41) is 3.15. The van der Waals surface area contributed by atoms with Gasteiger partial charge in [-0.1, -0.05) is 13.8 Å². The van der Waals surface area contributed by atoms with Crippen LogP contribution in [0.5, 0.6) is 0 Å². The molecule has 2 aliphatic heterocycles. The molecule has 1 N–H and O–H groups in total. The molecule has 2 saturated heterocycles. The fourth-order valence-electron chi connectivity index (χ4n) is 2.67. The van der Waals surface area contributed by atoms with Crippen molar-refractivity contribution in [1.82, 2.24) is 15.1 Å². The lowest BCUT2D eigenvalue weighted by molar-refractivity contribution is -0.136. The maximum atomic E-state index is 12.1. The number of nitrogens with zero attached hydrogens (tertiary/aromatic N) is 2. The highest BCUT2D eigenvalue weighted by Crippen LogP contribution is 2.17. The van der Waals surface area contributed by atoms with Crippen LogP contribution in [0.3, 0.4) is 0 Å². The van der Waals surface area contributed by atoms with Crippen LogP contribution in [0.4, 0.5) is 0 Å². The number of nitrogens with one attached hydrogen (secondary N) is 1. The topological polar surface area (TPSA) is 44.8 Å². The molecule has 1 amide bonds. The first kappa shape index (κ1) is 17.7. The van der Waals surface area contributed by atoms with Crippen LogP contribution in [0.1, 0.15) is 20.3 Å². The van der Waals surface area contributed by atoms with Crippen molar-refractivity contribution < 1.29 is 9.53 Å². The summed E-state index contributed by atoms with van der Waals surface area (Å²) in [6.45, 7) is 11.6. The van der Waals surface area contributed by atoms with Crippen molar-refractivity contribution in [2.24, 2.45) is 5.92 Å². The van der Waals surface area contributed by atoms with Crippen molar-refractivity contribution in [2.45, 2.75) is 26.4 Å². The first-order valence-corrected chi connectivity index (χ1v) is 7.58. The second-order valence-corrected chi connectivity index (χ2v) is 5.45. The molecule has 2 heterocycles. The van der Waals surface area contributed by atoms with E-state index in [1.165, 1.54) is 0 Å². The molecule has 118 valence electrons. The number of amides is 1. The highest BCUT2D eigenvalue weighted by molar-refractivity contribution is 5.85. The summed E-state index contributed by atoms with van der Waals surface area (Å²) in [4.78, 5) is 16.4. The van der Waals surface area contributed by atoms with Gasteiger partial charge in [0, 0.05) is 32.7 Å². The molecule has 0 aromatic heterocycles. The lowest BCUT2D eigenvalue weighted by atomic mass is 10.0. The largest absolute Gasteiger partial charge is 0.375 e. The van der Waals surface area contributed by atoms with E-state index in [1.807, 2.05) is 4.90 Å². The van der Waals surface area contributed by atoms with Crippen molar-refractivity contribution in [3.05, 3.63) is 0 Å². The number of likely N-dealkylation sites (N-methyl/N-ethyl adjacent to an activating group) is 1. The van der Waals surface area contributed by atoms with E-state index in [-0.39, 0.29) is 24.4 Å². The molecule has 1 unspecified atom stereocenters. The molecule has 0 aromatic carbocycles. The van der Waals surface area contributed by atoms with Gasteiger partial charge in [-0.05, 0) is 19.5 Å². The minimum atomic E-state index is 0. The Morgan fingerprint density at radius 2 is 2.05 bits per heavy atom. The van der Waals surface area contributed by atoms with Gasteiger partial charge in [0.25, 0.3) is 0 Å². The molecule has 0 spiro atoms. The minimum Gasteiger partial charge on any atom is -0.375 e. The van der Waals surface area contributed by atoms with E-state index in [9.17, 15) is 4.79 Å². The number of hydrogen-bond donors (Lipinski definition) is 1. The summed E-state index contributed by atoms with van der Waals surface area (Å²) in [6, 6.07) is 0. The summed E-state index contributed by atoms with van der Waals surface area (Å²) >= 11 is 0. The average Bonchev–Trinajstić information content (AvgIpc) is 2.81. The number of carbonyl (C=O) groups is 1. The Balaban J connectivity index is 0.00000200. The van der Waals surface area contributed by atoms with Crippen molar-refractivity contribution >= 4 is 18.3 Å². The monoisotopic (exact) mass is 305 g/mol. The number of carbonyl (C=O) groups excluding carboxylic acids is 1. The van der Waals surface area contributed by atoms with E-state index < -0.39 is 0 Å². The standard InChI is InChI=1S/C14H27N3O2.ClH/c1-3-16(4-2)7-8-19-13-5-6-17(11-13)14(18)12-9-15-10-12;/h12-13,15H,3-11H2,1-2H3;1H. The molecule has 0 aliphatic carbocycles. The van der Waals surface area contributed by atoms with E-state index in [0.717, 1.165) is 58.8 Å². The van der Waals surface area contributed by atoms with Crippen LogP contribution in [0.25, 0.3) is 0 Å². The van der Waals surface area contributed by atoms with Crippen LogP contribution < -0.4 is 5.32 Å². The zero-order valence-electron chi connectivity index (χ0n) is 12.6. The smallest absolute Gasteiger partial charge is 0.228 e. The summed E-state index contributed by atoms with van der Waals surface area (Å²) in [7, 11) is 0. The van der Waals surface area contributed by atoms with Gasteiger partial charge in [-0.15, -0.1) is 12.4 Å². The van der Waals surface area contributed by atoms with Gasteiger partial charge >= 0.3 is 0 Å². The number of halogens is 1. The third-order valence-electron chi connectivity index (χ3n) is 4.24. The van der Waals surface area contributed by atoms with Crippen molar-refractivity contribution in [2.75, 3.05) is 52.4 Å². The molecule has 2 aliphatic rings. The zero-order valence-corrected chi connectivity index (χ0v) is 13.5. The van der Waals surface area contributed by atoms with E-state index >= 15 is 0 Å². The fourth-order valence-corrected chi connectivity index (χ4v) is 2.67. The quantitative estimate of drug-likeness (QED) is 0.748. The summed E-state index contributed by atoms with van der Waals surface area (Å²) in [5.74, 6) is 0.531. The molecular weight excluding hydrogens is 278 g/mol. The Kier molecular flexibility index (Phi) is 7.80. The number of rotatable bonds is 7. The lowest BCUT2D eigenvalue weighted by Gasteiger charge is -2.30. The SMILES string of the molecule is CCN(CC)CCOC1CCN(C(=O)C2CNC2)C1.Cl. The molecule has 20 heavy (non-hydrogen) atoms. The Bertz CT molecular complexity index is 296. The van der Waals surface area contributed by atoms with Gasteiger partial charge in [0.05, 0.1) is 18.6 Å². The van der Waals surface area contributed by atoms with Gasteiger partial charge in [-0.25, -0.2) is 0 Å². The summed E-state index contributed by atoms with van der Waals surface area (Å²) < 4.78 is 5.90. The van der Waals surface area contributed by atoms with Crippen molar-refractivity contribution in [1.29, 1.82) is 0 Å². The van der Waals surface area contributed by atoms with Gasteiger partial charge in [-0.2, -0.15) is 0 Å². The van der Waals surface area contributed by atoms with Gasteiger partial charge in [0.1, 0.15) is 0 Å². The van der Waals surface area contributed by atoms with Crippen LogP contribution in [0, 0.1) is 5.92 Å². The number of ether oxygens (including phenoxy) is 1. The van der Waals surface area contributed by atoms with Crippen LogP contribution in [0.2, 0.25) is 0 Å². The lowest BCUT2D eigenvalue weighted by Crippen LogP contribution is -2.51. The Morgan fingerprint density at radius 1 is 1.35 bits per heavy atom. The predicted molar refractivity (Wildman–Crippen MR) is 82.3 cm³/mol. The molecule has 0 bridgehead atoms. The predicted octanol–water partition coefficient (Wildman–Crippen LogP) is 0.587. The third kappa shape index (κ3) is 4.58. The molecule has 5 nitrogen and oxygen atoms in total. The van der Waals surface area contributed by atoms with Crippen LogP contribution >= 0.6 is 12.4 Å². The Morgan fingerprint density at radius 3 is 2.60 bits per heavy atom. The highest BCUT2D eigenvalue weighted by atomic mass is 35.5. The van der Waals surface area contributed by atoms with E-state index in [4.69, 9.17) is 4.74 Å². The number of likely N-dealkylation sites (tertiary alicyclic amines) is 1. The maximum absolute atomic E-state index is 12.1. The molecule has 0 radical (unpaired) electrons. The summed E-state index contributed by atoms with van der Waals surface area (Å²) in [5.41, 5.74) is 0.